The fourth-order valence-corrected chi connectivity index (χ4v) is 5.05. The van der Waals surface area contributed by atoms with Crippen LogP contribution in [0.4, 0.5) is 0 Å². The first-order valence-electron chi connectivity index (χ1n) is 11.6. The van der Waals surface area contributed by atoms with Crippen LogP contribution in [0.25, 0.3) is 50.4 Å². The normalized spacial score (nSPS) is 10.9. The Labute approximate surface area is 231 Å². The third-order valence-corrected chi connectivity index (χ3v) is 7.28. The standard InChI is InChI=1S/C31H18Br2N4/c32-23-15-11-21(12-16-23)29-26(19-34)27(20-7-3-1-4-8-20)28-30(22-13-17-24(33)18-14-22)36-37(31(28)35-29)25-9-5-2-6-10-25/h1-18H. The number of pyridine rings is 1. The summed E-state index contributed by atoms with van der Waals surface area (Å²) in [5.41, 5.74) is 7.09. The minimum absolute atomic E-state index is 0.520. The van der Waals surface area contributed by atoms with Gasteiger partial charge in [-0.1, -0.05) is 105 Å². The van der Waals surface area contributed by atoms with Gasteiger partial charge in [-0.3, -0.25) is 0 Å². The van der Waals surface area contributed by atoms with Crippen LogP contribution in [0.1, 0.15) is 5.56 Å². The van der Waals surface area contributed by atoms with Crippen LogP contribution in [0.15, 0.2) is 118 Å². The van der Waals surface area contributed by atoms with E-state index >= 15 is 0 Å². The summed E-state index contributed by atoms with van der Waals surface area (Å²) in [7, 11) is 0. The van der Waals surface area contributed by atoms with E-state index in [-0.39, 0.29) is 0 Å². The number of para-hydroxylation sites is 1. The molecule has 0 amide bonds. The monoisotopic (exact) mass is 604 g/mol. The molecule has 4 aromatic carbocycles. The van der Waals surface area contributed by atoms with E-state index in [9.17, 15) is 5.26 Å². The average molecular weight is 606 g/mol. The van der Waals surface area contributed by atoms with Crippen LogP contribution in [0.2, 0.25) is 0 Å². The minimum atomic E-state index is 0.520. The van der Waals surface area contributed by atoms with Gasteiger partial charge in [-0.2, -0.15) is 10.4 Å². The molecule has 2 heterocycles. The van der Waals surface area contributed by atoms with Gasteiger partial charge in [0.25, 0.3) is 0 Å². The molecule has 0 aliphatic rings. The maximum Gasteiger partial charge on any atom is 0.164 e. The quantitative estimate of drug-likeness (QED) is 0.202. The second kappa shape index (κ2) is 9.78. The molecule has 0 atom stereocenters. The Morgan fingerprint density at radius 1 is 0.622 bits per heavy atom. The summed E-state index contributed by atoms with van der Waals surface area (Å²) in [4.78, 5) is 5.13. The van der Waals surface area contributed by atoms with Gasteiger partial charge in [0.05, 0.1) is 22.3 Å². The molecule has 0 N–H and O–H groups in total. The second-order valence-corrected chi connectivity index (χ2v) is 10.3. The van der Waals surface area contributed by atoms with Crippen LogP contribution in [0.3, 0.4) is 0 Å². The molecule has 6 heteroatoms. The summed E-state index contributed by atoms with van der Waals surface area (Å²) < 4.78 is 3.83. The van der Waals surface area contributed by atoms with Crippen LogP contribution in [0, 0.1) is 11.3 Å². The molecule has 0 spiro atoms. The van der Waals surface area contributed by atoms with Gasteiger partial charge in [0, 0.05) is 25.6 Å². The number of rotatable bonds is 4. The molecule has 0 bridgehead atoms. The van der Waals surface area contributed by atoms with Crippen LogP contribution in [0.5, 0.6) is 0 Å². The highest BCUT2D eigenvalue weighted by atomic mass is 79.9. The van der Waals surface area contributed by atoms with Crippen molar-refractivity contribution in [2.75, 3.05) is 0 Å². The summed E-state index contributed by atoms with van der Waals surface area (Å²) in [6.07, 6.45) is 0. The van der Waals surface area contributed by atoms with Gasteiger partial charge >= 0.3 is 0 Å². The van der Waals surface area contributed by atoms with Crippen molar-refractivity contribution in [2.45, 2.75) is 0 Å². The van der Waals surface area contributed by atoms with Gasteiger partial charge in [-0.05, 0) is 42.0 Å². The lowest BCUT2D eigenvalue weighted by molar-refractivity contribution is 0.901. The van der Waals surface area contributed by atoms with Crippen molar-refractivity contribution in [1.29, 1.82) is 5.26 Å². The van der Waals surface area contributed by atoms with Crippen molar-refractivity contribution in [3.05, 3.63) is 124 Å². The van der Waals surface area contributed by atoms with Crippen LogP contribution < -0.4 is 0 Å². The SMILES string of the molecule is N#Cc1c(-c2ccc(Br)cc2)nc2c(c(-c3ccc(Br)cc3)nn2-c2ccccc2)c1-c1ccccc1. The zero-order chi connectivity index (χ0) is 25.4. The topological polar surface area (TPSA) is 54.5 Å². The third-order valence-electron chi connectivity index (χ3n) is 6.23. The summed E-state index contributed by atoms with van der Waals surface area (Å²) in [5, 5.41) is 16.5. The smallest absolute Gasteiger partial charge is 0.164 e. The molecule has 6 rings (SSSR count). The van der Waals surface area contributed by atoms with Gasteiger partial charge in [0.1, 0.15) is 11.8 Å². The van der Waals surface area contributed by atoms with E-state index in [2.05, 4.69) is 37.9 Å². The van der Waals surface area contributed by atoms with Crippen molar-refractivity contribution in [3.8, 4) is 45.4 Å². The minimum Gasteiger partial charge on any atom is -0.226 e. The molecule has 6 aromatic rings. The van der Waals surface area contributed by atoms with E-state index in [1.165, 1.54) is 0 Å². The summed E-state index contributed by atoms with van der Waals surface area (Å²) in [5.74, 6) is 0. The van der Waals surface area contributed by atoms with E-state index < -0.39 is 0 Å². The Kier molecular flexibility index (Phi) is 6.17. The molecule has 0 unspecified atom stereocenters. The largest absolute Gasteiger partial charge is 0.226 e. The number of nitriles is 1. The fourth-order valence-electron chi connectivity index (χ4n) is 4.53. The zero-order valence-electron chi connectivity index (χ0n) is 19.4. The molecule has 0 aliphatic heterocycles. The number of fused-ring (bicyclic) bond motifs is 1. The highest BCUT2D eigenvalue weighted by Crippen LogP contribution is 2.42. The van der Waals surface area contributed by atoms with E-state index in [0.717, 1.165) is 48.0 Å². The Morgan fingerprint density at radius 3 is 1.73 bits per heavy atom. The van der Waals surface area contributed by atoms with Gasteiger partial charge in [-0.25, -0.2) is 9.67 Å². The molecule has 0 saturated heterocycles. The number of hydrogen-bond acceptors (Lipinski definition) is 3. The number of hydrogen-bond donors (Lipinski definition) is 0. The van der Waals surface area contributed by atoms with Gasteiger partial charge < -0.3 is 0 Å². The van der Waals surface area contributed by atoms with Crippen molar-refractivity contribution >= 4 is 42.9 Å². The van der Waals surface area contributed by atoms with Crippen LogP contribution >= 0.6 is 31.9 Å². The summed E-state index contributed by atoms with van der Waals surface area (Å²) in [6, 6.07) is 38.4. The Hall–Kier alpha value is -4.05. The summed E-state index contributed by atoms with van der Waals surface area (Å²) >= 11 is 7.06. The van der Waals surface area contributed by atoms with E-state index in [1.54, 1.807) is 0 Å². The van der Waals surface area contributed by atoms with Gasteiger partial charge in [-0.15, -0.1) is 0 Å². The maximum absolute atomic E-state index is 10.5. The number of nitrogens with zero attached hydrogens (tertiary/aromatic N) is 4. The molecular weight excluding hydrogens is 588 g/mol. The third kappa shape index (κ3) is 4.27. The lowest BCUT2D eigenvalue weighted by Gasteiger charge is -2.13. The predicted molar refractivity (Wildman–Crippen MR) is 155 cm³/mol. The van der Waals surface area contributed by atoms with Crippen LogP contribution in [-0.2, 0) is 0 Å². The maximum atomic E-state index is 10.5. The Balaban J connectivity index is 1.80. The van der Waals surface area contributed by atoms with Crippen molar-refractivity contribution in [1.82, 2.24) is 14.8 Å². The molecule has 0 radical (unpaired) electrons. The van der Waals surface area contributed by atoms with Crippen molar-refractivity contribution < 1.29 is 0 Å². The predicted octanol–water partition coefficient (Wildman–Crippen LogP) is 8.82. The highest BCUT2D eigenvalue weighted by molar-refractivity contribution is 9.10. The van der Waals surface area contributed by atoms with Crippen LogP contribution in [-0.4, -0.2) is 14.8 Å². The lowest BCUT2D eigenvalue weighted by atomic mass is 9.92. The molecule has 2 aromatic heterocycles. The average Bonchev–Trinajstić information content (AvgIpc) is 3.33. The Morgan fingerprint density at radius 2 is 1.16 bits per heavy atom. The van der Waals surface area contributed by atoms with E-state index in [4.69, 9.17) is 10.1 Å². The number of aromatic nitrogens is 3. The first-order chi connectivity index (χ1) is 18.1. The number of benzene rings is 4. The first-order valence-corrected chi connectivity index (χ1v) is 13.2. The molecular formula is C31H18Br2N4. The molecule has 37 heavy (non-hydrogen) atoms. The molecule has 0 fully saturated rings. The van der Waals surface area contributed by atoms with Crippen molar-refractivity contribution in [2.24, 2.45) is 0 Å². The summed E-state index contributed by atoms with van der Waals surface area (Å²) in [6.45, 7) is 0. The molecule has 176 valence electrons. The van der Waals surface area contributed by atoms with Gasteiger partial charge in [0.2, 0.25) is 0 Å². The van der Waals surface area contributed by atoms with Gasteiger partial charge in [0.15, 0.2) is 5.65 Å². The van der Waals surface area contributed by atoms with E-state index in [1.807, 2.05) is 114 Å². The Bertz CT molecular complexity index is 1770. The number of halogens is 2. The van der Waals surface area contributed by atoms with E-state index in [0.29, 0.717) is 16.9 Å². The molecule has 0 saturated carbocycles. The lowest BCUT2D eigenvalue weighted by Crippen LogP contribution is -2.01. The molecule has 4 nitrogen and oxygen atoms in total. The zero-order valence-corrected chi connectivity index (χ0v) is 22.6. The molecule has 0 aliphatic carbocycles. The highest BCUT2D eigenvalue weighted by Gasteiger charge is 2.25. The fraction of sp³-hybridized carbons (Fsp3) is 0. The van der Waals surface area contributed by atoms with Crippen molar-refractivity contribution in [3.63, 3.8) is 0 Å². The second-order valence-electron chi connectivity index (χ2n) is 8.50. The first kappa shape index (κ1) is 23.4.